The number of nitrogens with zero attached hydrogens (tertiary/aromatic N) is 6. The third-order valence-electron chi connectivity index (χ3n) is 6.98. The van der Waals surface area contributed by atoms with E-state index >= 15 is 0 Å². The second-order valence-corrected chi connectivity index (χ2v) is 10.8. The first-order valence-electron chi connectivity index (χ1n) is 12.7. The number of para-hydroxylation sites is 1. The predicted molar refractivity (Wildman–Crippen MR) is 154 cm³/mol. The molecule has 12 heteroatoms. The number of ether oxygens (including phenoxy) is 1. The van der Waals surface area contributed by atoms with Crippen LogP contribution in [-0.2, 0) is 6.42 Å². The Labute approximate surface area is 241 Å². The first-order valence-corrected chi connectivity index (χ1v) is 14.0. The quantitative estimate of drug-likeness (QED) is 0.208. The van der Waals surface area contributed by atoms with Crippen molar-refractivity contribution >= 4 is 28.9 Å². The van der Waals surface area contributed by atoms with Crippen LogP contribution in [0.4, 0.5) is 0 Å². The fraction of sp³-hybridized carbons (Fsp3) is 0.103. The van der Waals surface area contributed by atoms with E-state index in [9.17, 15) is 9.59 Å². The summed E-state index contributed by atoms with van der Waals surface area (Å²) in [6, 6.07) is 19.5. The molecule has 1 aliphatic rings. The van der Waals surface area contributed by atoms with Gasteiger partial charge in [-0.15, -0.1) is 16.4 Å². The van der Waals surface area contributed by atoms with Crippen molar-refractivity contribution in [2.45, 2.75) is 18.9 Å². The second-order valence-electron chi connectivity index (χ2n) is 9.50. The molecule has 4 aromatic heterocycles. The fourth-order valence-corrected chi connectivity index (χ4v) is 6.06. The number of rotatable bonds is 6. The normalized spacial score (nSPS) is 14.2. The SMILES string of the molecule is O=C(Oc1ccccc1)c1cc(-c2cnc([C@@H]3CCc4cc(-c5cc(Cl)ccc5-n5cnnn5)cc(=O)n43)[nH]2)cs1. The standard InChI is InChI=1S/C29H20ClN7O3S/c30-19-6-8-24(36-16-32-34-35-36)22(13-19)17-10-20-7-9-25(37(20)27(38)12-17)28-31-14-23(33-28)18-11-26(41-15-18)29(39)40-21-4-2-1-3-5-21/h1-6,8,10-16,25H,7,9H2,(H,31,33)/t25-/m0/s1. The van der Waals surface area contributed by atoms with Gasteiger partial charge in [0.2, 0.25) is 0 Å². The topological polar surface area (TPSA) is 121 Å². The fourth-order valence-electron chi connectivity index (χ4n) is 5.10. The number of aryl methyl sites for hydroxylation is 1. The number of carbonyl (C=O) groups excluding carboxylic acids is 1. The molecule has 0 saturated heterocycles. The summed E-state index contributed by atoms with van der Waals surface area (Å²) in [4.78, 5) is 34.5. The van der Waals surface area contributed by atoms with Gasteiger partial charge in [0, 0.05) is 33.3 Å². The van der Waals surface area contributed by atoms with Gasteiger partial charge in [0.1, 0.15) is 22.8 Å². The Hall–Kier alpha value is -4.87. The number of carbonyl (C=O) groups is 1. The molecule has 0 amide bonds. The molecule has 5 heterocycles. The lowest BCUT2D eigenvalue weighted by Gasteiger charge is -2.15. The maximum absolute atomic E-state index is 13.5. The number of aromatic nitrogens is 7. The number of benzene rings is 2. The lowest BCUT2D eigenvalue weighted by molar-refractivity contribution is 0.0740. The first kappa shape index (κ1) is 25.1. The third-order valence-corrected chi connectivity index (χ3v) is 8.12. The molecule has 0 bridgehead atoms. The Morgan fingerprint density at radius 1 is 1.07 bits per heavy atom. The molecule has 0 unspecified atom stereocenters. The number of fused-ring (bicyclic) bond motifs is 1. The van der Waals surface area contributed by atoms with Crippen molar-refractivity contribution < 1.29 is 9.53 Å². The second kappa shape index (κ2) is 10.3. The molecule has 10 nitrogen and oxygen atoms in total. The number of halogens is 1. The van der Waals surface area contributed by atoms with E-state index in [1.165, 1.54) is 17.7 Å². The monoisotopic (exact) mass is 581 g/mol. The molecule has 41 heavy (non-hydrogen) atoms. The minimum absolute atomic E-state index is 0.137. The number of nitrogens with one attached hydrogen (secondary N) is 1. The number of tetrazole rings is 1. The van der Waals surface area contributed by atoms with Crippen molar-refractivity contribution in [3.05, 3.63) is 116 Å². The summed E-state index contributed by atoms with van der Waals surface area (Å²) in [5.41, 5.74) is 4.57. The van der Waals surface area contributed by atoms with Crippen LogP contribution in [0.1, 0.15) is 33.7 Å². The molecule has 7 rings (SSSR count). The third kappa shape index (κ3) is 4.75. The lowest BCUT2D eigenvalue weighted by atomic mass is 10.0. The molecular formula is C29H20ClN7O3S. The highest BCUT2D eigenvalue weighted by molar-refractivity contribution is 7.12. The molecule has 0 radical (unpaired) electrons. The van der Waals surface area contributed by atoms with E-state index in [-0.39, 0.29) is 11.6 Å². The largest absolute Gasteiger partial charge is 0.422 e. The minimum atomic E-state index is -0.415. The van der Waals surface area contributed by atoms with Crippen LogP contribution in [0.25, 0.3) is 28.1 Å². The number of H-pyrrole nitrogens is 1. The number of esters is 1. The van der Waals surface area contributed by atoms with Crippen LogP contribution in [0.5, 0.6) is 5.75 Å². The van der Waals surface area contributed by atoms with Crippen LogP contribution in [0.3, 0.4) is 0 Å². The summed E-state index contributed by atoms with van der Waals surface area (Å²) in [5.74, 6) is 0.763. The van der Waals surface area contributed by atoms with Crippen molar-refractivity contribution in [3.63, 3.8) is 0 Å². The van der Waals surface area contributed by atoms with E-state index in [4.69, 9.17) is 16.3 Å². The van der Waals surface area contributed by atoms with Gasteiger partial charge >= 0.3 is 5.97 Å². The summed E-state index contributed by atoms with van der Waals surface area (Å²) >= 11 is 7.62. The van der Waals surface area contributed by atoms with Crippen molar-refractivity contribution in [1.29, 1.82) is 0 Å². The number of imidazole rings is 1. The maximum atomic E-state index is 13.5. The highest BCUT2D eigenvalue weighted by Gasteiger charge is 2.28. The van der Waals surface area contributed by atoms with Crippen LogP contribution >= 0.6 is 22.9 Å². The average molecular weight is 582 g/mol. The highest BCUT2D eigenvalue weighted by atomic mass is 35.5. The zero-order valence-electron chi connectivity index (χ0n) is 21.3. The number of thiophene rings is 1. The summed E-state index contributed by atoms with van der Waals surface area (Å²) in [7, 11) is 0. The number of hydrogen-bond acceptors (Lipinski definition) is 8. The predicted octanol–water partition coefficient (Wildman–Crippen LogP) is 5.35. The van der Waals surface area contributed by atoms with E-state index < -0.39 is 5.97 Å². The molecule has 0 fully saturated rings. The van der Waals surface area contributed by atoms with Crippen molar-refractivity contribution in [2.75, 3.05) is 0 Å². The molecule has 1 aliphatic heterocycles. The van der Waals surface area contributed by atoms with E-state index in [0.29, 0.717) is 27.9 Å². The maximum Gasteiger partial charge on any atom is 0.353 e. The minimum Gasteiger partial charge on any atom is -0.422 e. The molecule has 0 spiro atoms. The van der Waals surface area contributed by atoms with Crippen LogP contribution in [0.2, 0.25) is 5.02 Å². The van der Waals surface area contributed by atoms with Gasteiger partial charge in [-0.2, -0.15) is 4.68 Å². The average Bonchev–Trinajstić information content (AvgIpc) is 3.79. The summed E-state index contributed by atoms with van der Waals surface area (Å²) in [5, 5.41) is 13.9. The molecule has 0 saturated carbocycles. The van der Waals surface area contributed by atoms with E-state index in [0.717, 1.165) is 40.2 Å². The molecule has 202 valence electrons. The van der Waals surface area contributed by atoms with Gasteiger partial charge in [0.25, 0.3) is 5.56 Å². The Bertz CT molecular complexity index is 1950. The Balaban J connectivity index is 1.16. The van der Waals surface area contributed by atoms with E-state index in [1.807, 2.05) is 35.7 Å². The van der Waals surface area contributed by atoms with Crippen LogP contribution in [0, 0.1) is 0 Å². The Morgan fingerprint density at radius 3 is 2.78 bits per heavy atom. The zero-order chi connectivity index (χ0) is 27.9. The molecular weight excluding hydrogens is 562 g/mol. The molecule has 1 atom stereocenters. The van der Waals surface area contributed by atoms with Gasteiger partial charge in [-0.05, 0) is 71.3 Å². The number of hydrogen-bond donors (Lipinski definition) is 1. The smallest absolute Gasteiger partial charge is 0.353 e. The zero-order valence-corrected chi connectivity index (χ0v) is 22.8. The Kier molecular flexibility index (Phi) is 6.29. The van der Waals surface area contributed by atoms with E-state index in [2.05, 4.69) is 25.5 Å². The van der Waals surface area contributed by atoms with Crippen molar-refractivity contribution in [2.24, 2.45) is 0 Å². The Morgan fingerprint density at radius 2 is 1.95 bits per heavy atom. The molecule has 2 aromatic carbocycles. The summed E-state index contributed by atoms with van der Waals surface area (Å²) in [6.07, 6.45) is 4.66. The number of aromatic amines is 1. The van der Waals surface area contributed by atoms with Gasteiger partial charge in [-0.1, -0.05) is 29.8 Å². The van der Waals surface area contributed by atoms with Gasteiger partial charge < -0.3 is 14.3 Å². The van der Waals surface area contributed by atoms with Gasteiger partial charge in [0.15, 0.2) is 0 Å². The van der Waals surface area contributed by atoms with Crippen molar-refractivity contribution in [3.8, 4) is 33.8 Å². The van der Waals surface area contributed by atoms with Gasteiger partial charge in [-0.3, -0.25) is 4.79 Å². The molecule has 1 N–H and O–H groups in total. The van der Waals surface area contributed by atoms with Gasteiger partial charge in [-0.25, -0.2) is 9.78 Å². The number of pyridine rings is 1. The summed E-state index contributed by atoms with van der Waals surface area (Å²) in [6.45, 7) is 0. The lowest BCUT2D eigenvalue weighted by Crippen LogP contribution is -2.23. The van der Waals surface area contributed by atoms with Crippen molar-refractivity contribution in [1.82, 2.24) is 34.7 Å². The van der Waals surface area contributed by atoms with E-state index in [1.54, 1.807) is 51.8 Å². The van der Waals surface area contributed by atoms with Crippen LogP contribution in [0.15, 0.2) is 89.4 Å². The van der Waals surface area contributed by atoms with Crippen LogP contribution in [-0.4, -0.2) is 40.7 Å². The first-order chi connectivity index (χ1) is 20.0. The summed E-state index contributed by atoms with van der Waals surface area (Å²) < 4.78 is 8.78. The van der Waals surface area contributed by atoms with Gasteiger partial charge in [0.05, 0.1) is 23.6 Å². The molecule has 6 aromatic rings. The molecule has 0 aliphatic carbocycles. The highest BCUT2D eigenvalue weighted by Crippen LogP contribution is 2.35. The van der Waals surface area contributed by atoms with Crippen LogP contribution < -0.4 is 10.3 Å².